The van der Waals surface area contributed by atoms with E-state index in [4.69, 9.17) is 10.5 Å². The molecule has 0 spiro atoms. The average molecular weight is 330 g/mol. The molecule has 132 valence electrons. The average Bonchev–Trinajstić information content (AvgIpc) is 3.14. The first-order valence-electron chi connectivity index (χ1n) is 9.42. The maximum Gasteiger partial charge on any atom is 0.239 e. The van der Waals surface area contributed by atoms with Crippen molar-refractivity contribution in [2.24, 2.45) is 11.7 Å². The molecule has 3 rings (SSSR count). The highest BCUT2D eigenvalue weighted by atomic mass is 16.5. The Hall–Kier alpha value is -1.39. The standard InChI is InChI=1S/C20H30N2O2/c21-19(14-16-6-2-1-3-7-16)20(23)22-12-10-18(11-13-22)24-15-17-8-4-5-9-17/h1-3,6-7,17-19H,4-5,8-15,21H2/t19-/m0/s1. The van der Waals surface area contributed by atoms with E-state index >= 15 is 0 Å². The number of nitrogens with zero attached hydrogens (tertiary/aromatic N) is 1. The third-order valence-corrected chi connectivity index (χ3v) is 5.41. The second-order valence-corrected chi connectivity index (χ2v) is 7.30. The fraction of sp³-hybridized carbons (Fsp3) is 0.650. The highest BCUT2D eigenvalue weighted by molar-refractivity contribution is 5.82. The van der Waals surface area contributed by atoms with Crippen LogP contribution in [-0.4, -0.2) is 42.6 Å². The Morgan fingerprint density at radius 3 is 2.46 bits per heavy atom. The molecule has 4 nitrogen and oxygen atoms in total. The Bertz CT molecular complexity index is 506. The highest BCUT2D eigenvalue weighted by Gasteiger charge is 2.27. The lowest BCUT2D eigenvalue weighted by molar-refractivity contribution is -0.135. The minimum absolute atomic E-state index is 0.0769. The minimum Gasteiger partial charge on any atom is -0.378 e. The van der Waals surface area contributed by atoms with Gasteiger partial charge >= 0.3 is 0 Å². The summed E-state index contributed by atoms with van der Waals surface area (Å²) >= 11 is 0. The predicted octanol–water partition coefficient (Wildman–Crippen LogP) is 2.75. The van der Waals surface area contributed by atoms with Crippen LogP contribution < -0.4 is 5.73 Å². The summed E-state index contributed by atoms with van der Waals surface area (Å²) < 4.78 is 6.08. The zero-order valence-electron chi connectivity index (χ0n) is 14.5. The smallest absolute Gasteiger partial charge is 0.239 e. The molecule has 1 saturated carbocycles. The van der Waals surface area contributed by atoms with E-state index in [0.29, 0.717) is 12.5 Å². The van der Waals surface area contributed by atoms with E-state index in [0.717, 1.165) is 44.0 Å². The summed E-state index contributed by atoms with van der Waals surface area (Å²) in [6.07, 6.45) is 8.18. The summed E-state index contributed by atoms with van der Waals surface area (Å²) in [7, 11) is 0. The van der Waals surface area contributed by atoms with Crippen molar-refractivity contribution >= 4 is 5.91 Å². The van der Waals surface area contributed by atoms with Crippen LogP contribution in [0.3, 0.4) is 0 Å². The van der Waals surface area contributed by atoms with Gasteiger partial charge in [-0.05, 0) is 43.6 Å². The molecule has 0 bridgehead atoms. The van der Waals surface area contributed by atoms with Gasteiger partial charge in [0.05, 0.1) is 12.1 Å². The van der Waals surface area contributed by atoms with Gasteiger partial charge < -0.3 is 15.4 Å². The molecule has 1 aliphatic carbocycles. The van der Waals surface area contributed by atoms with Crippen molar-refractivity contribution in [2.75, 3.05) is 19.7 Å². The Balaban J connectivity index is 1.39. The van der Waals surface area contributed by atoms with E-state index in [1.165, 1.54) is 25.7 Å². The van der Waals surface area contributed by atoms with Crippen LogP contribution in [0, 0.1) is 5.92 Å². The van der Waals surface area contributed by atoms with Crippen molar-refractivity contribution in [3.05, 3.63) is 35.9 Å². The van der Waals surface area contributed by atoms with E-state index < -0.39 is 6.04 Å². The van der Waals surface area contributed by atoms with E-state index in [2.05, 4.69) is 0 Å². The van der Waals surface area contributed by atoms with Crippen molar-refractivity contribution in [3.63, 3.8) is 0 Å². The second-order valence-electron chi connectivity index (χ2n) is 7.30. The van der Waals surface area contributed by atoms with Crippen LogP contribution in [-0.2, 0) is 16.0 Å². The Labute approximate surface area is 145 Å². The molecule has 24 heavy (non-hydrogen) atoms. The van der Waals surface area contributed by atoms with E-state index in [1.54, 1.807) is 0 Å². The molecule has 4 heteroatoms. The van der Waals surface area contributed by atoms with Crippen molar-refractivity contribution in [1.82, 2.24) is 4.90 Å². The Kier molecular flexibility index (Phi) is 6.27. The number of benzene rings is 1. The van der Waals surface area contributed by atoms with Gasteiger partial charge in [0.25, 0.3) is 0 Å². The lowest BCUT2D eigenvalue weighted by atomic mass is 10.0. The molecule has 2 fully saturated rings. The predicted molar refractivity (Wildman–Crippen MR) is 95.6 cm³/mol. The van der Waals surface area contributed by atoms with E-state index in [9.17, 15) is 4.79 Å². The molecule has 1 saturated heterocycles. The number of likely N-dealkylation sites (tertiary alicyclic amines) is 1. The summed E-state index contributed by atoms with van der Waals surface area (Å²) in [5.74, 6) is 0.844. The summed E-state index contributed by atoms with van der Waals surface area (Å²) in [5.41, 5.74) is 7.25. The topological polar surface area (TPSA) is 55.6 Å². The minimum atomic E-state index is -0.441. The normalized spacial score (nSPS) is 21.1. The van der Waals surface area contributed by atoms with Gasteiger partial charge in [-0.2, -0.15) is 0 Å². The summed E-state index contributed by atoms with van der Waals surface area (Å²) in [6, 6.07) is 9.56. The molecule has 1 aromatic rings. The maximum atomic E-state index is 12.5. The number of hydrogen-bond donors (Lipinski definition) is 1. The fourth-order valence-electron chi connectivity index (χ4n) is 3.88. The van der Waals surface area contributed by atoms with E-state index in [1.807, 2.05) is 35.2 Å². The van der Waals surface area contributed by atoms with Crippen LogP contribution in [0.25, 0.3) is 0 Å². The van der Waals surface area contributed by atoms with Gasteiger partial charge in [-0.3, -0.25) is 4.79 Å². The number of hydrogen-bond acceptors (Lipinski definition) is 3. The molecule has 0 aromatic heterocycles. The van der Waals surface area contributed by atoms with Crippen LogP contribution in [0.4, 0.5) is 0 Å². The molecule has 2 aliphatic rings. The lowest BCUT2D eigenvalue weighted by Crippen LogP contribution is -2.49. The SMILES string of the molecule is N[C@@H](Cc1ccccc1)C(=O)N1CCC(OCC2CCCC2)CC1. The third-order valence-electron chi connectivity index (χ3n) is 5.41. The van der Waals surface area contributed by atoms with Crippen LogP contribution in [0.1, 0.15) is 44.1 Å². The Morgan fingerprint density at radius 2 is 1.79 bits per heavy atom. The zero-order chi connectivity index (χ0) is 16.8. The van der Waals surface area contributed by atoms with Gasteiger partial charge in [0.2, 0.25) is 5.91 Å². The summed E-state index contributed by atoms with van der Waals surface area (Å²) in [6.45, 7) is 2.46. The number of ether oxygens (including phenoxy) is 1. The summed E-state index contributed by atoms with van der Waals surface area (Å²) in [4.78, 5) is 14.5. The first-order valence-corrected chi connectivity index (χ1v) is 9.42. The summed E-state index contributed by atoms with van der Waals surface area (Å²) in [5, 5.41) is 0. The first kappa shape index (κ1) is 17.4. The molecule has 1 heterocycles. The zero-order valence-corrected chi connectivity index (χ0v) is 14.5. The molecule has 0 radical (unpaired) electrons. The van der Waals surface area contributed by atoms with Crippen LogP contribution >= 0.6 is 0 Å². The van der Waals surface area contributed by atoms with E-state index in [-0.39, 0.29) is 5.91 Å². The quantitative estimate of drug-likeness (QED) is 0.872. The van der Waals surface area contributed by atoms with Crippen molar-refractivity contribution in [3.8, 4) is 0 Å². The number of nitrogens with two attached hydrogens (primary N) is 1. The van der Waals surface area contributed by atoms with Gasteiger partial charge in [0, 0.05) is 19.7 Å². The first-order chi connectivity index (χ1) is 11.7. The van der Waals surface area contributed by atoms with Crippen LogP contribution in [0.5, 0.6) is 0 Å². The second kappa shape index (κ2) is 8.63. The van der Waals surface area contributed by atoms with Gasteiger partial charge in [0.15, 0.2) is 0 Å². The maximum absolute atomic E-state index is 12.5. The lowest BCUT2D eigenvalue weighted by Gasteiger charge is -2.34. The fourth-order valence-corrected chi connectivity index (χ4v) is 3.88. The van der Waals surface area contributed by atoms with Gasteiger partial charge in [-0.15, -0.1) is 0 Å². The van der Waals surface area contributed by atoms with Crippen LogP contribution in [0.15, 0.2) is 30.3 Å². The number of carbonyl (C=O) groups is 1. The molecular formula is C20H30N2O2. The third kappa shape index (κ3) is 4.81. The monoisotopic (exact) mass is 330 g/mol. The number of rotatable bonds is 6. The molecule has 1 aromatic carbocycles. The molecule has 1 aliphatic heterocycles. The highest BCUT2D eigenvalue weighted by Crippen LogP contribution is 2.26. The van der Waals surface area contributed by atoms with Gasteiger partial charge in [-0.1, -0.05) is 43.2 Å². The van der Waals surface area contributed by atoms with Crippen molar-refractivity contribution in [2.45, 2.75) is 57.1 Å². The van der Waals surface area contributed by atoms with Crippen molar-refractivity contribution < 1.29 is 9.53 Å². The van der Waals surface area contributed by atoms with Gasteiger partial charge in [-0.25, -0.2) is 0 Å². The van der Waals surface area contributed by atoms with Gasteiger partial charge in [0.1, 0.15) is 0 Å². The Morgan fingerprint density at radius 1 is 1.12 bits per heavy atom. The molecule has 1 atom stereocenters. The van der Waals surface area contributed by atoms with Crippen LogP contribution in [0.2, 0.25) is 0 Å². The molecule has 0 unspecified atom stereocenters. The largest absolute Gasteiger partial charge is 0.378 e. The molecule has 2 N–H and O–H groups in total. The number of carbonyl (C=O) groups excluding carboxylic acids is 1. The molecular weight excluding hydrogens is 300 g/mol. The number of amides is 1. The number of piperidine rings is 1. The van der Waals surface area contributed by atoms with Crippen molar-refractivity contribution in [1.29, 1.82) is 0 Å². The molecule has 1 amide bonds.